The lowest BCUT2D eigenvalue weighted by Gasteiger charge is -2.32. The van der Waals surface area contributed by atoms with Crippen LogP contribution in [0.25, 0.3) is 0 Å². The predicted molar refractivity (Wildman–Crippen MR) is 144 cm³/mol. The van der Waals surface area contributed by atoms with E-state index in [4.69, 9.17) is 27.9 Å². The lowest BCUT2D eigenvalue weighted by molar-refractivity contribution is -0.143. The normalized spacial score (nSPS) is 11.7. The molecule has 184 valence electrons. The first kappa shape index (κ1) is 27.1. The van der Waals surface area contributed by atoms with Gasteiger partial charge in [0.25, 0.3) is 5.91 Å². The number of ether oxygens (including phenoxy) is 1. The Morgan fingerprint density at radius 3 is 2.29 bits per heavy atom. The van der Waals surface area contributed by atoms with E-state index in [0.717, 1.165) is 15.6 Å². The van der Waals surface area contributed by atoms with Gasteiger partial charge in [0.05, 0.1) is 5.02 Å². The van der Waals surface area contributed by atoms with Gasteiger partial charge >= 0.3 is 0 Å². The largest absolute Gasteiger partial charge is 0.482 e. The fourth-order valence-corrected chi connectivity index (χ4v) is 4.26. The van der Waals surface area contributed by atoms with Gasteiger partial charge < -0.3 is 15.0 Å². The Morgan fingerprint density at radius 1 is 0.971 bits per heavy atom. The van der Waals surface area contributed by atoms with Crippen molar-refractivity contribution in [1.29, 1.82) is 0 Å². The van der Waals surface area contributed by atoms with E-state index < -0.39 is 6.04 Å². The van der Waals surface area contributed by atoms with Crippen molar-refractivity contribution in [3.63, 3.8) is 0 Å². The molecule has 0 aliphatic rings. The number of carbonyl (C=O) groups excluding carboxylic acids is 2. The molecule has 0 aliphatic heterocycles. The van der Waals surface area contributed by atoms with Crippen LogP contribution in [0.4, 0.5) is 0 Å². The highest BCUT2D eigenvalue weighted by molar-refractivity contribution is 9.10. The molecule has 0 saturated heterocycles. The summed E-state index contributed by atoms with van der Waals surface area (Å²) in [6.07, 6.45) is 0.364. The molecule has 2 amide bonds. The third-order valence-corrected chi connectivity index (χ3v) is 6.27. The van der Waals surface area contributed by atoms with E-state index in [-0.39, 0.29) is 31.0 Å². The lowest BCUT2D eigenvalue weighted by atomic mass is 10.0. The monoisotopic (exact) mass is 576 g/mol. The lowest BCUT2D eigenvalue weighted by Crippen LogP contribution is -2.52. The zero-order valence-electron chi connectivity index (χ0n) is 19.5. The topological polar surface area (TPSA) is 58.6 Å². The minimum absolute atomic E-state index is 0.0745. The Balaban J connectivity index is 1.91. The van der Waals surface area contributed by atoms with Crippen LogP contribution in [0.3, 0.4) is 0 Å². The van der Waals surface area contributed by atoms with Crippen molar-refractivity contribution in [2.45, 2.75) is 38.9 Å². The van der Waals surface area contributed by atoms with Gasteiger partial charge in [0.1, 0.15) is 11.8 Å². The first-order valence-electron chi connectivity index (χ1n) is 11.2. The maximum Gasteiger partial charge on any atom is 0.261 e. The summed E-state index contributed by atoms with van der Waals surface area (Å²) >= 11 is 15.6. The van der Waals surface area contributed by atoms with Gasteiger partial charge in [-0.25, -0.2) is 0 Å². The molecule has 5 nitrogen and oxygen atoms in total. The minimum atomic E-state index is -0.736. The van der Waals surface area contributed by atoms with E-state index >= 15 is 0 Å². The van der Waals surface area contributed by atoms with Crippen molar-refractivity contribution in [1.82, 2.24) is 10.2 Å². The summed E-state index contributed by atoms with van der Waals surface area (Å²) in [5.41, 5.74) is 1.84. The van der Waals surface area contributed by atoms with Gasteiger partial charge in [-0.2, -0.15) is 0 Å². The molecule has 1 N–H and O–H groups in total. The van der Waals surface area contributed by atoms with Crippen LogP contribution in [0.5, 0.6) is 5.75 Å². The molecule has 0 bridgehead atoms. The van der Waals surface area contributed by atoms with E-state index in [1.807, 2.05) is 68.4 Å². The Morgan fingerprint density at radius 2 is 1.66 bits per heavy atom. The zero-order valence-corrected chi connectivity index (χ0v) is 22.6. The smallest absolute Gasteiger partial charge is 0.261 e. The van der Waals surface area contributed by atoms with Crippen LogP contribution >= 0.6 is 39.1 Å². The number of rotatable bonds is 10. The number of benzene rings is 3. The minimum Gasteiger partial charge on any atom is -0.482 e. The van der Waals surface area contributed by atoms with Crippen LogP contribution in [-0.2, 0) is 22.6 Å². The molecular weight excluding hydrogens is 551 g/mol. The van der Waals surface area contributed by atoms with E-state index in [1.165, 1.54) is 0 Å². The first-order valence-corrected chi connectivity index (χ1v) is 12.7. The molecule has 1 atom stereocenters. The second-order valence-corrected chi connectivity index (χ2v) is 10.1. The number of amides is 2. The quantitative estimate of drug-likeness (QED) is 0.308. The summed E-state index contributed by atoms with van der Waals surface area (Å²) in [5, 5.41) is 3.75. The number of nitrogens with zero attached hydrogens (tertiary/aromatic N) is 1. The fraction of sp³-hybridized carbons (Fsp3) is 0.259. The van der Waals surface area contributed by atoms with E-state index in [9.17, 15) is 9.59 Å². The van der Waals surface area contributed by atoms with Gasteiger partial charge in [0.2, 0.25) is 5.91 Å². The number of hydrogen-bond acceptors (Lipinski definition) is 3. The molecule has 8 heteroatoms. The number of hydrogen-bond donors (Lipinski definition) is 1. The van der Waals surface area contributed by atoms with Crippen LogP contribution in [0.1, 0.15) is 25.0 Å². The number of halogens is 3. The van der Waals surface area contributed by atoms with Crippen molar-refractivity contribution in [3.8, 4) is 5.75 Å². The summed E-state index contributed by atoms with van der Waals surface area (Å²) in [6.45, 7) is 3.75. The second kappa shape index (κ2) is 13.0. The third kappa shape index (κ3) is 8.27. The van der Waals surface area contributed by atoms with Crippen molar-refractivity contribution < 1.29 is 14.3 Å². The van der Waals surface area contributed by atoms with Gasteiger partial charge in [-0.05, 0) is 55.3 Å². The molecule has 35 heavy (non-hydrogen) atoms. The molecule has 0 aliphatic carbocycles. The summed E-state index contributed by atoms with van der Waals surface area (Å²) in [6, 6.07) is 21.3. The van der Waals surface area contributed by atoms with Gasteiger partial charge in [-0.3, -0.25) is 9.59 Å². The molecule has 0 heterocycles. The summed E-state index contributed by atoms with van der Waals surface area (Å²) in [4.78, 5) is 28.4. The van der Waals surface area contributed by atoms with Crippen molar-refractivity contribution in [2.24, 2.45) is 0 Å². The summed E-state index contributed by atoms with van der Waals surface area (Å²) in [7, 11) is 0. The average molecular weight is 578 g/mol. The molecule has 0 saturated carbocycles. The number of carbonyl (C=O) groups is 2. The Labute approximate surface area is 224 Å². The van der Waals surface area contributed by atoms with Gasteiger partial charge in [0.15, 0.2) is 6.61 Å². The molecule has 3 aromatic carbocycles. The maximum absolute atomic E-state index is 13.5. The first-order chi connectivity index (χ1) is 16.7. The Kier molecular flexibility index (Phi) is 10.0. The highest BCUT2D eigenvalue weighted by Crippen LogP contribution is 2.27. The molecule has 0 fully saturated rings. The standard InChI is InChI=1S/C27H27BrCl2N2O3/c1-18(2)31-27(34)24(14-19-6-4-3-5-7-19)32(16-20-8-10-21(28)11-9-20)26(33)17-35-25-13-12-22(29)15-23(25)30/h3-13,15,18,24H,14,16-17H2,1-2H3,(H,31,34)/t24-/m1/s1. The highest BCUT2D eigenvalue weighted by Gasteiger charge is 2.31. The van der Waals surface area contributed by atoms with Crippen LogP contribution in [0.15, 0.2) is 77.3 Å². The molecule has 0 aromatic heterocycles. The van der Waals surface area contributed by atoms with Crippen molar-refractivity contribution in [2.75, 3.05) is 6.61 Å². The molecule has 0 spiro atoms. The van der Waals surface area contributed by atoms with Gasteiger partial charge in [-0.1, -0.05) is 81.6 Å². The van der Waals surface area contributed by atoms with Crippen molar-refractivity contribution >= 4 is 50.9 Å². The molecule has 0 radical (unpaired) electrons. The maximum atomic E-state index is 13.5. The van der Waals surface area contributed by atoms with Crippen LogP contribution in [0, 0.1) is 0 Å². The third-order valence-electron chi connectivity index (χ3n) is 5.21. The van der Waals surface area contributed by atoms with Crippen LogP contribution < -0.4 is 10.1 Å². The Bertz CT molecular complexity index is 1140. The Hall–Kier alpha value is -2.54. The van der Waals surface area contributed by atoms with E-state index in [1.54, 1.807) is 23.1 Å². The summed E-state index contributed by atoms with van der Waals surface area (Å²) in [5.74, 6) is -0.211. The second-order valence-electron chi connectivity index (χ2n) is 8.38. The molecular formula is C27H27BrCl2N2O3. The van der Waals surface area contributed by atoms with Crippen molar-refractivity contribution in [3.05, 3.63) is 98.4 Å². The van der Waals surface area contributed by atoms with Crippen LogP contribution in [0.2, 0.25) is 10.0 Å². The predicted octanol–water partition coefficient (Wildman–Crippen LogP) is 6.30. The average Bonchev–Trinajstić information content (AvgIpc) is 2.82. The molecule has 0 unspecified atom stereocenters. The van der Waals surface area contributed by atoms with Gasteiger partial charge in [0, 0.05) is 28.5 Å². The summed E-state index contributed by atoms with van der Waals surface area (Å²) < 4.78 is 6.66. The number of nitrogens with one attached hydrogen (secondary N) is 1. The van der Waals surface area contributed by atoms with E-state index in [0.29, 0.717) is 22.2 Å². The van der Waals surface area contributed by atoms with Crippen LogP contribution in [-0.4, -0.2) is 35.4 Å². The van der Waals surface area contributed by atoms with Gasteiger partial charge in [-0.15, -0.1) is 0 Å². The zero-order chi connectivity index (χ0) is 25.4. The highest BCUT2D eigenvalue weighted by atomic mass is 79.9. The fourth-order valence-electron chi connectivity index (χ4n) is 3.54. The molecule has 3 aromatic rings. The van der Waals surface area contributed by atoms with E-state index in [2.05, 4.69) is 21.2 Å². The SMILES string of the molecule is CC(C)NC(=O)[C@@H](Cc1ccccc1)N(Cc1ccc(Br)cc1)C(=O)COc1ccc(Cl)cc1Cl. The molecule has 3 rings (SSSR count).